The number of benzene rings is 1. The normalized spacial score (nSPS) is 10.7. The van der Waals surface area contributed by atoms with Gasteiger partial charge < -0.3 is 15.0 Å². The Morgan fingerprint density at radius 2 is 2.29 bits per heavy atom. The predicted molar refractivity (Wildman–Crippen MR) is 85.2 cm³/mol. The van der Waals surface area contributed by atoms with Gasteiger partial charge in [0.2, 0.25) is 0 Å². The topological polar surface area (TPSA) is 67.0 Å². The fraction of sp³-hybridized carbons (Fsp3) is 0.200. The lowest BCUT2D eigenvalue weighted by Gasteiger charge is -2.08. The van der Waals surface area contributed by atoms with Crippen molar-refractivity contribution in [3.8, 4) is 5.75 Å². The highest BCUT2D eigenvalue weighted by atomic mass is 32.1. The van der Waals surface area contributed by atoms with Gasteiger partial charge in [-0.25, -0.2) is 4.98 Å². The van der Waals surface area contributed by atoms with E-state index in [1.807, 2.05) is 42.6 Å². The van der Waals surface area contributed by atoms with Gasteiger partial charge in [0, 0.05) is 11.8 Å². The quantitative estimate of drug-likeness (QED) is 0.760. The lowest BCUT2D eigenvalue weighted by Crippen LogP contribution is -2.13. The van der Waals surface area contributed by atoms with Crippen LogP contribution in [0, 0.1) is 0 Å². The van der Waals surface area contributed by atoms with E-state index in [1.165, 1.54) is 11.3 Å². The molecule has 2 N–H and O–H groups in total. The van der Waals surface area contributed by atoms with Crippen molar-refractivity contribution in [2.75, 3.05) is 11.9 Å². The van der Waals surface area contributed by atoms with E-state index in [-0.39, 0.29) is 5.56 Å². The molecule has 0 unspecified atom stereocenters. The summed E-state index contributed by atoms with van der Waals surface area (Å²) in [4.78, 5) is 19.1. The van der Waals surface area contributed by atoms with Crippen LogP contribution in [-0.2, 0) is 6.54 Å². The molecule has 6 heteroatoms. The lowest BCUT2D eigenvalue weighted by molar-refractivity contribution is 0.340. The summed E-state index contributed by atoms with van der Waals surface area (Å²) in [5, 5.41) is 5.11. The second-order valence-electron chi connectivity index (χ2n) is 4.46. The van der Waals surface area contributed by atoms with Crippen LogP contribution in [0.3, 0.4) is 0 Å². The number of anilines is 1. The van der Waals surface area contributed by atoms with Gasteiger partial charge in [0.1, 0.15) is 16.3 Å². The molecule has 0 fully saturated rings. The van der Waals surface area contributed by atoms with Crippen LogP contribution in [0.4, 0.5) is 5.69 Å². The fourth-order valence-electron chi connectivity index (χ4n) is 2.05. The van der Waals surface area contributed by atoms with Crippen molar-refractivity contribution in [1.29, 1.82) is 0 Å². The van der Waals surface area contributed by atoms with Crippen LogP contribution in [0.5, 0.6) is 5.75 Å². The molecule has 2 heterocycles. The Hall–Kier alpha value is -2.34. The Bertz CT molecular complexity index is 810. The number of thiophene rings is 1. The second-order valence-corrected chi connectivity index (χ2v) is 5.38. The van der Waals surface area contributed by atoms with Gasteiger partial charge >= 0.3 is 0 Å². The maximum absolute atomic E-state index is 11.9. The number of ether oxygens (including phenoxy) is 1. The number of aromatic amines is 1. The summed E-state index contributed by atoms with van der Waals surface area (Å²) < 4.78 is 6.12. The SMILES string of the molecule is CCOc1cccc(NCc2nc3ccsc3c(=O)[nH]2)c1. The van der Waals surface area contributed by atoms with E-state index in [2.05, 4.69) is 15.3 Å². The molecule has 0 amide bonds. The molecule has 5 nitrogen and oxygen atoms in total. The minimum atomic E-state index is -0.0881. The van der Waals surface area contributed by atoms with Crippen molar-refractivity contribution < 1.29 is 4.74 Å². The molecule has 108 valence electrons. The summed E-state index contributed by atoms with van der Waals surface area (Å²) in [7, 11) is 0. The Balaban J connectivity index is 1.76. The highest BCUT2D eigenvalue weighted by Crippen LogP contribution is 2.18. The van der Waals surface area contributed by atoms with Crippen molar-refractivity contribution in [3.05, 3.63) is 51.9 Å². The number of fused-ring (bicyclic) bond motifs is 1. The minimum Gasteiger partial charge on any atom is -0.494 e. The first-order valence-corrected chi connectivity index (χ1v) is 7.57. The third-order valence-electron chi connectivity index (χ3n) is 2.97. The smallest absolute Gasteiger partial charge is 0.268 e. The fourth-order valence-corrected chi connectivity index (χ4v) is 2.78. The molecule has 3 rings (SSSR count). The largest absolute Gasteiger partial charge is 0.494 e. The van der Waals surface area contributed by atoms with Gasteiger partial charge in [0.15, 0.2) is 0 Å². The van der Waals surface area contributed by atoms with E-state index >= 15 is 0 Å². The summed E-state index contributed by atoms with van der Waals surface area (Å²) in [6.07, 6.45) is 0. The highest BCUT2D eigenvalue weighted by Gasteiger charge is 2.05. The van der Waals surface area contributed by atoms with Gasteiger partial charge in [-0.1, -0.05) is 6.07 Å². The number of hydrogen-bond acceptors (Lipinski definition) is 5. The molecule has 0 aliphatic heterocycles. The standard InChI is InChI=1S/C15H15N3O2S/c1-2-20-11-5-3-4-10(8-11)16-9-13-17-12-6-7-21-14(12)15(19)18-13/h3-8,16H,2,9H2,1H3,(H,17,18,19). The lowest BCUT2D eigenvalue weighted by atomic mass is 10.3. The van der Waals surface area contributed by atoms with Gasteiger partial charge in [-0.3, -0.25) is 4.79 Å². The number of rotatable bonds is 5. The number of nitrogens with zero attached hydrogens (tertiary/aromatic N) is 1. The van der Waals surface area contributed by atoms with E-state index in [1.54, 1.807) is 0 Å². The van der Waals surface area contributed by atoms with Crippen molar-refractivity contribution in [3.63, 3.8) is 0 Å². The minimum absolute atomic E-state index is 0.0881. The molecule has 0 saturated carbocycles. The van der Waals surface area contributed by atoms with Crippen LogP contribution in [0.2, 0.25) is 0 Å². The van der Waals surface area contributed by atoms with Gasteiger partial charge in [0.25, 0.3) is 5.56 Å². The first-order valence-electron chi connectivity index (χ1n) is 6.69. The van der Waals surface area contributed by atoms with E-state index in [0.29, 0.717) is 23.7 Å². The molecule has 0 aliphatic carbocycles. The number of aromatic nitrogens is 2. The molecule has 3 aromatic rings. The molecule has 21 heavy (non-hydrogen) atoms. The van der Waals surface area contributed by atoms with Crippen LogP contribution < -0.4 is 15.6 Å². The summed E-state index contributed by atoms with van der Waals surface area (Å²) in [6, 6.07) is 9.56. The van der Waals surface area contributed by atoms with Crippen molar-refractivity contribution in [2.45, 2.75) is 13.5 Å². The third kappa shape index (κ3) is 3.05. The van der Waals surface area contributed by atoms with E-state index in [4.69, 9.17) is 4.74 Å². The molecular formula is C15H15N3O2S. The van der Waals surface area contributed by atoms with Crippen molar-refractivity contribution >= 4 is 27.2 Å². The molecular weight excluding hydrogens is 286 g/mol. The zero-order chi connectivity index (χ0) is 14.7. The third-order valence-corrected chi connectivity index (χ3v) is 3.87. The molecule has 0 spiro atoms. The summed E-state index contributed by atoms with van der Waals surface area (Å²) in [5.41, 5.74) is 1.58. The van der Waals surface area contributed by atoms with Crippen molar-refractivity contribution in [2.24, 2.45) is 0 Å². The van der Waals surface area contributed by atoms with Crippen molar-refractivity contribution in [1.82, 2.24) is 9.97 Å². The maximum atomic E-state index is 11.9. The van der Waals surface area contributed by atoms with Gasteiger partial charge in [0.05, 0.1) is 18.7 Å². The zero-order valence-electron chi connectivity index (χ0n) is 11.6. The van der Waals surface area contributed by atoms with Crippen LogP contribution >= 0.6 is 11.3 Å². The average Bonchev–Trinajstić information content (AvgIpc) is 2.95. The van der Waals surface area contributed by atoms with E-state index in [9.17, 15) is 4.79 Å². The Morgan fingerprint density at radius 3 is 3.14 bits per heavy atom. The summed E-state index contributed by atoms with van der Waals surface area (Å²) in [6.45, 7) is 3.04. The molecule has 0 bridgehead atoms. The molecule has 1 aromatic carbocycles. The Kier molecular flexibility index (Phi) is 3.87. The van der Waals surface area contributed by atoms with E-state index in [0.717, 1.165) is 17.0 Å². The molecule has 0 atom stereocenters. The monoisotopic (exact) mass is 301 g/mol. The van der Waals surface area contributed by atoms with Gasteiger partial charge in [-0.15, -0.1) is 11.3 Å². The first-order chi connectivity index (χ1) is 10.3. The number of H-pyrrole nitrogens is 1. The van der Waals surface area contributed by atoms with Gasteiger partial charge in [-0.05, 0) is 30.5 Å². The molecule has 0 aliphatic rings. The molecule has 0 radical (unpaired) electrons. The van der Waals surface area contributed by atoms with Crippen LogP contribution in [-0.4, -0.2) is 16.6 Å². The average molecular weight is 301 g/mol. The number of hydrogen-bond donors (Lipinski definition) is 2. The van der Waals surface area contributed by atoms with Crippen LogP contribution in [0.1, 0.15) is 12.7 Å². The Morgan fingerprint density at radius 1 is 1.38 bits per heavy atom. The van der Waals surface area contributed by atoms with E-state index < -0.39 is 0 Å². The number of nitrogens with one attached hydrogen (secondary N) is 2. The van der Waals surface area contributed by atoms with Gasteiger partial charge in [-0.2, -0.15) is 0 Å². The molecule has 0 saturated heterocycles. The van der Waals surface area contributed by atoms with Crippen LogP contribution in [0.15, 0.2) is 40.5 Å². The zero-order valence-corrected chi connectivity index (χ0v) is 12.4. The summed E-state index contributed by atoms with van der Waals surface area (Å²) in [5.74, 6) is 1.44. The Labute approximate surface area is 125 Å². The highest BCUT2D eigenvalue weighted by molar-refractivity contribution is 7.17. The molecule has 2 aromatic heterocycles. The van der Waals surface area contributed by atoms with Crippen LogP contribution in [0.25, 0.3) is 10.2 Å². The summed E-state index contributed by atoms with van der Waals surface area (Å²) >= 11 is 1.40. The predicted octanol–water partition coefficient (Wildman–Crippen LogP) is 3.00. The maximum Gasteiger partial charge on any atom is 0.268 e. The first kappa shape index (κ1) is 13.6. The second kappa shape index (κ2) is 5.97.